The van der Waals surface area contributed by atoms with Crippen LogP contribution in [0.15, 0.2) is 58.1 Å². The molecule has 0 aliphatic rings. The van der Waals surface area contributed by atoms with Gasteiger partial charge in [-0.1, -0.05) is 35.1 Å². The third-order valence-corrected chi connectivity index (χ3v) is 3.70. The molecule has 0 spiro atoms. The van der Waals surface area contributed by atoms with E-state index in [4.69, 9.17) is 4.84 Å². The number of hydrogen-bond donors (Lipinski definition) is 1. The summed E-state index contributed by atoms with van der Waals surface area (Å²) in [6.07, 6.45) is 0. The Kier molecular flexibility index (Phi) is 3.78. The van der Waals surface area contributed by atoms with Gasteiger partial charge in [0.25, 0.3) is 5.56 Å². The van der Waals surface area contributed by atoms with Gasteiger partial charge in [0.15, 0.2) is 0 Å². The first-order valence-corrected chi connectivity index (χ1v) is 7.35. The molecule has 1 aromatic heterocycles. The van der Waals surface area contributed by atoms with Crippen LogP contribution in [-0.4, -0.2) is 9.71 Å². The van der Waals surface area contributed by atoms with Crippen molar-refractivity contribution in [1.29, 1.82) is 0 Å². The number of nitrogens with one attached hydrogen (secondary N) is 1. The Morgan fingerprint density at radius 1 is 1.10 bits per heavy atom. The van der Waals surface area contributed by atoms with E-state index in [1.165, 1.54) is 0 Å². The molecule has 0 aliphatic heterocycles. The van der Waals surface area contributed by atoms with Crippen molar-refractivity contribution < 1.29 is 4.84 Å². The van der Waals surface area contributed by atoms with Crippen molar-refractivity contribution in [3.8, 4) is 0 Å². The highest BCUT2D eigenvalue weighted by Crippen LogP contribution is 2.10. The average Bonchev–Trinajstić information content (AvgIpc) is 2.49. The first-order chi connectivity index (χ1) is 10.1. The average molecular weight is 394 g/mol. The predicted molar refractivity (Wildman–Crippen MR) is 88.3 cm³/mol. The SMILES string of the molecule is O=c1[nH]c2ccc(I)cc2c(=O)n1OCc1ccccc1. The summed E-state index contributed by atoms with van der Waals surface area (Å²) in [7, 11) is 0. The van der Waals surface area contributed by atoms with Gasteiger partial charge in [0.2, 0.25) is 0 Å². The van der Waals surface area contributed by atoms with E-state index >= 15 is 0 Å². The fraction of sp³-hybridized carbons (Fsp3) is 0.0667. The summed E-state index contributed by atoms with van der Waals surface area (Å²) in [4.78, 5) is 32.3. The van der Waals surface area contributed by atoms with E-state index in [2.05, 4.69) is 27.6 Å². The Morgan fingerprint density at radius 3 is 2.62 bits per heavy atom. The Bertz CT molecular complexity index is 900. The molecule has 0 radical (unpaired) electrons. The van der Waals surface area contributed by atoms with Crippen LogP contribution in [0.1, 0.15) is 5.56 Å². The Morgan fingerprint density at radius 2 is 1.86 bits per heavy atom. The number of halogens is 1. The van der Waals surface area contributed by atoms with Crippen molar-refractivity contribution in [3.63, 3.8) is 0 Å². The summed E-state index contributed by atoms with van der Waals surface area (Å²) in [6.45, 7) is 0.152. The molecule has 0 aliphatic carbocycles. The first-order valence-electron chi connectivity index (χ1n) is 6.27. The van der Waals surface area contributed by atoms with Crippen LogP contribution in [0.3, 0.4) is 0 Å². The van der Waals surface area contributed by atoms with Crippen LogP contribution < -0.4 is 16.1 Å². The molecule has 5 nitrogen and oxygen atoms in total. The number of fused-ring (bicyclic) bond motifs is 1. The molecule has 0 amide bonds. The Hall–Kier alpha value is -2.09. The second-order valence-electron chi connectivity index (χ2n) is 4.48. The molecule has 6 heteroatoms. The number of aromatic amines is 1. The fourth-order valence-corrected chi connectivity index (χ4v) is 2.49. The van der Waals surface area contributed by atoms with Crippen molar-refractivity contribution in [2.45, 2.75) is 6.61 Å². The zero-order valence-electron chi connectivity index (χ0n) is 10.9. The van der Waals surface area contributed by atoms with Crippen LogP contribution in [0.5, 0.6) is 0 Å². The lowest BCUT2D eigenvalue weighted by Crippen LogP contribution is -2.39. The van der Waals surface area contributed by atoms with Gasteiger partial charge in [-0.2, -0.15) is 0 Å². The van der Waals surface area contributed by atoms with Crippen LogP contribution in [0.25, 0.3) is 10.9 Å². The lowest BCUT2D eigenvalue weighted by atomic mass is 10.2. The van der Waals surface area contributed by atoms with E-state index in [1.807, 2.05) is 36.4 Å². The molecule has 2 aromatic carbocycles. The summed E-state index contributed by atoms with van der Waals surface area (Å²) in [5, 5.41) is 0.426. The largest absolute Gasteiger partial charge is 0.401 e. The molecule has 1 N–H and O–H groups in total. The van der Waals surface area contributed by atoms with Gasteiger partial charge in [0.1, 0.15) is 6.61 Å². The minimum atomic E-state index is -0.579. The number of aromatic nitrogens is 2. The molecule has 3 aromatic rings. The fourth-order valence-electron chi connectivity index (χ4n) is 2.00. The van der Waals surface area contributed by atoms with Crippen molar-refractivity contribution in [2.24, 2.45) is 0 Å². The second kappa shape index (κ2) is 5.72. The highest BCUT2D eigenvalue weighted by atomic mass is 127. The first kappa shape index (κ1) is 13.9. The maximum absolute atomic E-state index is 12.3. The van der Waals surface area contributed by atoms with Crippen molar-refractivity contribution in [3.05, 3.63) is 78.5 Å². The number of hydrogen-bond acceptors (Lipinski definition) is 3. The van der Waals surface area contributed by atoms with Gasteiger partial charge in [0.05, 0.1) is 10.9 Å². The second-order valence-corrected chi connectivity index (χ2v) is 5.72. The molecule has 0 fully saturated rings. The van der Waals surface area contributed by atoms with Gasteiger partial charge in [-0.05, 0) is 46.4 Å². The van der Waals surface area contributed by atoms with E-state index in [1.54, 1.807) is 12.1 Å². The van der Waals surface area contributed by atoms with Crippen LogP contribution >= 0.6 is 22.6 Å². The highest BCUT2D eigenvalue weighted by molar-refractivity contribution is 14.1. The Labute approximate surface area is 133 Å². The molecule has 0 saturated carbocycles. The lowest BCUT2D eigenvalue weighted by Gasteiger charge is -2.08. The molecule has 1 heterocycles. The molecule has 3 rings (SSSR count). The molecular weight excluding hydrogens is 383 g/mol. The van der Waals surface area contributed by atoms with E-state index in [-0.39, 0.29) is 6.61 Å². The smallest absolute Gasteiger partial charge is 0.362 e. The number of nitrogens with zero attached hydrogens (tertiary/aromatic N) is 1. The van der Waals surface area contributed by atoms with Gasteiger partial charge in [-0.25, -0.2) is 4.79 Å². The summed E-state index contributed by atoms with van der Waals surface area (Å²) in [5.41, 5.74) is 0.351. The van der Waals surface area contributed by atoms with E-state index in [9.17, 15) is 9.59 Å². The molecule has 21 heavy (non-hydrogen) atoms. The monoisotopic (exact) mass is 394 g/mol. The third kappa shape index (κ3) is 2.85. The van der Waals surface area contributed by atoms with Crippen LogP contribution in [0.2, 0.25) is 0 Å². The van der Waals surface area contributed by atoms with Gasteiger partial charge < -0.3 is 9.82 Å². The van der Waals surface area contributed by atoms with E-state index in [0.29, 0.717) is 10.9 Å². The van der Waals surface area contributed by atoms with Gasteiger partial charge in [0, 0.05) is 3.57 Å². The molecule has 0 bridgehead atoms. The summed E-state index contributed by atoms with van der Waals surface area (Å²) in [5.74, 6) is 0. The normalized spacial score (nSPS) is 10.7. The molecule has 0 unspecified atom stereocenters. The van der Waals surface area contributed by atoms with Crippen molar-refractivity contribution in [1.82, 2.24) is 9.71 Å². The zero-order valence-corrected chi connectivity index (χ0v) is 13.0. The van der Waals surface area contributed by atoms with Gasteiger partial charge in [-0.15, -0.1) is 0 Å². The van der Waals surface area contributed by atoms with E-state index < -0.39 is 11.2 Å². The van der Waals surface area contributed by atoms with Crippen molar-refractivity contribution >= 4 is 33.5 Å². The maximum atomic E-state index is 12.3. The lowest BCUT2D eigenvalue weighted by molar-refractivity contribution is 0.0805. The standard InChI is InChI=1S/C15H11IN2O3/c16-11-6-7-13-12(8-11)14(19)18(15(20)17-13)21-9-10-4-2-1-3-5-10/h1-8H,9H2,(H,17,20). The minimum Gasteiger partial charge on any atom is -0.401 e. The molecular formula is C15H11IN2O3. The predicted octanol–water partition coefficient (Wildman–Crippen LogP) is 1.92. The van der Waals surface area contributed by atoms with Gasteiger partial charge >= 0.3 is 5.69 Å². The van der Waals surface area contributed by atoms with Crippen molar-refractivity contribution in [2.75, 3.05) is 0 Å². The minimum absolute atomic E-state index is 0.152. The molecule has 0 saturated heterocycles. The summed E-state index contributed by atoms with van der Waals surface area (Å²) in [6, 6.07) is 14.6. The maximum Gasteiger partial charge on any atom is 0.362 e. The van der Waals surface area contributed by atoms with E-state index in [0.717, 1.165) is 13.9 Å². The summed E-state index contributed by atoms with van der Waals surface area (Å²) < 4.78 is 1.68. The molecule has 106 valence electrons. The number of rotatable bonds is 3. The molecule has 0 atom stereocenters. The zero-order chi connectivity index (χ0) is 14.8. The van der Waals surface area contributed by atoms with Gasteiger partial charge in [-0.3, -0.25) is 4.79 Å². The summed E-state index contributed by atoms with van der Waals surface area (Å²) >= 11 is 2.11. The van der Waals surface area contributed by atoms with Crippen LogP contribution in [-0.2, 0) is 6.61 Å². The number of benzene rings is 2. The van der Waals surface area contributed by atoms with Crippen LogP contribution in [0.4, 0.5) is 0 Å². The quantitative estimate of drug-likeness (QED) is 0.691. The number of H-pyrrole nitrogens is 1. The topological polar surface area (TPSA) is 64.1 Å². The highest BCUT2D eigenvalue weighted by Gasteiger charge is 2.09. The van der Waals surface area contributed by atoms with Crippen LogP contribution in [0, 0.1) is 3.57 Å². The third-order valence-electron chi connectivity index (χ3n) is 3.03. The Balaban J connectivity index is 2.02.